The molecule has 1 fully saturated rings. The standard InChI is InChI=1S/C24H31N3O4/c1-17(2)26(18(3)28)15-20-14-25(13-19-9-5-7-11-23(19)27(29)30)16-22(20)21-10-6-8-12-24(21)31-4/h5-12,17,20,22H,13-16H2,1-4H3. The van der Waals surface area contributed by atoms with Gasteiger partial charge in [0, 0.05) is 56.7 Å². The summed E-state index contributed by atoms with van der Waals surface area (Å²) >= 11 is 0. The highest BCUT2D eigenvalue weighted by Crippen LogP contribution is 2.39. The van der Waals surface area contributed by atoms with Gasteiger partial charge in [-0.3, -0.25) is 19.8 Å². The van der Waals surface area contributed by atoms with Crippen molar-refractivity contribution in [1.82, 2.24) is 9.80 Å². The van der Waals surface area contributed by atoms with E-state index in [1.807, 2.05) is 49.1 Å². The maximum absolute atomic E-state index is 12.2. The molecule has 0 bridgehead atoms. The molecule has 3 rings (SSSR count). The monoisotopic (exact) mass is 425 g/mol. The van der Waals surface area contributed by atoms with Gasteiger partial charge in [0.25, 0.3) is 5.69 Å². The van der Waals surface area contributed by atoms with Crippen LogP contribution in [-0.2, 0) is 11.3 Å². The number of carbonyl (C=O) groups excluding carboxylic acids is 1. The van der Waals surface area contributed by atoms with Crippen molar-refractivity contribution in [3.05, 3.63) is 69.8 Å². The molecule has 1 amide bonds. The Morgan fingerprint density at radius 1 is 1.19 bits per heavy atom. The van der Waals surface area contributed by atoms with Gasteiger partial charge in [-0.1, -0.05) is 36.4 Å². The maximum atomic E-state index is 12.2. The van der Waals surface area contributed by atoms with Crippen molar-refractivity contribution in [2.45, 2.75) is 39.3 Å². The highest BCUT2D eigenvalue weighted by Gasteiger charge is 2.37. The van der Waals surface area contributed by atoms with E-state index in [0.717, 1.165) is 24.4 Å². The van der Waals surface area contributed by atoms with Crippen molar-refractivity contribution < 1.29 is 14.5 Å². The summed E-state index contributed by atoms with van der Waals surface area (Å²) < 4.78 is 5.62. The predicted molar refractivity (Wildman–Crippen MR) is 120 cm³/mol. The summed E-state index contributed by atoms with van der Waals surface area (Å²) in [5.41, 5.74) is 1.97. The number of benzene rings is 2. The lowest BCUT2D eigenvalue weighted by Crippen LogP contribution is -2.40. The molecule has 7 nitrogen and oxygen atoms in total. The molecule has 1 aliphatic heterocycles. The second-order valence-electron chi connectivity index (χ2n) is 8.45. The lowest BCUT2D eigenvalue weighted by molar-refractivity contribution is -0.385. The van der Waals surface area contributed by atoms with E-state index in [2.05, 4.69) is 11.0 Å². The van der Waals surface area contributed by atoms with E-state index in [1.54, 1.807) is 26.2 Å². The van der Waals surface area contributed by atoms with E-state index in [4.69, 9.17) is 4.74 Å². The van der Waals surface area contributed by atoms with Crippen molar-refractivity contribution in [2.24, 2.45) is 5.92 Å². The molecular weight excluding hydrogens is 394 g/mol. The zero-order valence-electron chi connectivity index (χ0n) is 18.7. The van der Waals surface area contributed by atoms with Gasteiger partial charge in [0.15, 0.2) is 0 Å². The minimum atomic E-state index is -0.323. The molecule has 0 N–H and O–H groups in total. The lowest BCUT2D eigenvalue weighted by atomic mass is 9.87. The fraction of sp³-hybridized carbons (Fsp3) is 0.458. The number of ether oxygens (including phenoxy) is 1. The molecule has 2 atom stereocenters. The molecular formula is C24H31N3O4. The van der Waals surface area contributed by atoms with Crippen LogP contribution < -0.4 is 4.74 Å². The number of nitro groups is 1. The number of rotatable bonds is 8. The van der Waals surface area contributed by atoms with Crippen molar-refractivity contribution in [2.75, 3.05) is 26.7 Å². The Morgan fingerprint density at radius 3 is 2.52 bits per heavy atom. The third kappa shape index (κ3) is 5.22. The van der Waals surface area contributed by atoms with Crippen molar-refractivity contribution in [1.29, 1.82) is 0 Å². The van der Waals surface area contributed by atoms with Crippen LogP contribution in [0.15, 0.2) is 48.5 Å². The molecule has 2 unspecified atom stereocenters. The number of methoxy groups -OCH3 is 1. The first-order chi connectivity index (χ1) is 14.8. The van der Waals surface area contributed by atoms with E-state index < -0.39 is 0 Å². The Balaban J connectivity index is 1.90. The van der Waals surface area contributed by atoms with E-state index in [0.29, 0.717) is 18.7 Å². The van der Waals surface area contributed by atoms with Crippen LogP contribution in [0.25, 0.3) is 0 Å². The molecule has 1 heterocycles. The van der Waals surface area contributed by atoms with Gasteiger partial charge in [-0.05, 0) is 31.4 Å². The quantitative estimate of drug-likeness (QED) is 0.471. The SMILES string of the molecule is COc1ccccc1C1CN(Cc2ccccc2[N+](=O)[O-])CC1CN(C(C)=O)C(C)C. The fourth-order valence-electron chi connectivity index (χ4n) is 4.62. The van der Waals surface area contributed by atoms with Crippen LogP contribution in [0.2, 0.25) is 0 Å². The Labute approximate surface area is 183 Å². The highest BCUT2D eigenvalue weighted by atomic mass is 16.6. The van der Waals surface area contributed by atoms with Crippen LogP contribution in [0.1, 0.15) is 37.8 Å². The number of likely N-dealkylation sites (tertiary alicyclic amines) is 1. The molecule has 0 spiro atoms. The Kier molecular flexibility index (Phi) is 7.28. The van der Waals surface area contributed by atoms with Crippen LogP contribution >= 0.6 is 0 Å². The van der Waals surface area contributed by atoms with E-state index >= 15 is 0 Å². The van der Waals surface area contributed by atoms with Crippen molar-refractivity contribution in [3.8, 4) is 5.75 Å². The topological polar surface area (TPSA) is 75.9 Å². The number of nitro benzene ring substituents is 1. The number of hydrogen-bond donors (Lipinski definition) is 0. The van der Waals surface area contributed by atoms with Crippen LogP contribution in [0.4, 0.5) is 5.69 Å². The predicted octanol–water partition coefficient (Wildman–Crippen LogP) is 4.08. The Bertz CT molecular complexity index is 931. The van der Waals surface area contributed by atoms with Gasteiger partial charge in [-0.25, -0.2) is 0 Å². The number of nitrogens with zero attached hydrogens (tertiary/aromatic N) is 3. The Hall–Kier alpha value is -2.93. The fourth-order valence-corrected chi connectivity index (χ4v) is 4.62. The van der Waals surface area contributed by atoms with Crippen LogP contribution in [0.3, 0.4) is 0 Å². The third-order valence-corrected chi connectivity index (χ3v) is 6.10. The van der Waals surface area contributed by atoms with Crippen molar-refractivity contribution in [3.63, 3.8) is 0 Å². The van der Waals surface area contributed by atoms with Crippen LogP contribution in [-0.4, -0.2) is 53.4 Å². The molecule has 166 valence electrons. The highest BCUT2D eigenvalue weighted by molar-refractivity contribution is 5.73. The third-order valence-electron chi connectivity index (χ3n) is 6.10. The smallest absolute Gasteiger partial charge is 0.273 e. The molecule has 0 saturated carbocycles. The average Bonchev–Trinajstić information content (AvgIpc) is 3.13. The van der Waals surface area contributed by atoms with Gasteiger partial charge in [0.05, 0.1) is 12.0 Å². The molecule has 7 heteroatoms. The van der Waals surface area contributed by atoms with Crippen molar-refractivity contribution >= 4 is 11.6 Å². The largest absolute Gasteiger partial charge is 0.496 e. The summed E-state index contributed by atoms with van der Waals surface area (Å²) in [5, 5.41) is 11.5. The molecule has 0 radical (unpaired) electrons. The first-order valence-electron chi connectivity index (χ1n) is 10.7. The molecule has 0 aromatic heterocycles. The average molecular weight is 426 g/mol. The second-order valence-corrected chi connectivity index (χ2v) is 8.45. The summed E-state index contributed by atoms with van der Waals surface area (Å²) in [7, 11) is 1.67. The Morgan fingerprint density at radius 2 is 1.87 bits per heavy atom. The van der Waals surface area contributed by atoms with Gasteiger partial charge < -0.3 is 9.64 Å². The van der Waals surface area contributed by atoms with Crippen LogP contribution in [0.5, 0.6) is 5.75 Å². The lowest BCUT2D eigenvalue weighted by Gasteiger charge is -2.31. The van der Waals surface area contributed by atoms with Gasteiger partial charge in [0.1, 0.15) is 5.75 Å². The zero-order valence-corrected chi connectivity index (χ0v) is 18.7. The molecule has 1 saturated heterocycles. The molecule has 1 aliphatic rings. The summed E-state index contributed by atoms with van der Waals surface area (Å²) in [6.45, 7) is 8.31. The maximum Gasteiger partial charge on any atom is 0.273 e. The summed E-state index contributed by atoms with van der Waals surface area (Å²) in [6, 6.07) is 15.0. The van der Waals surface area contributed by atoms with Gasteiger partial charge in [-0.15, -0.1) is 0 Å². The minimum absolute atomic E-state index is 0.0610. The zero-order chi connectivity index (χ0) is 22.5. The number of amides is 1. The summed E-state index contributed by atoms with van der Waals surface area (Å²) in [5.74, 6) is 1.26. The van der Waals surface area contributed by atoms with Gasteiger partial charge in [0.2, 0.25) is 5.91 Å². The summed E-state index contributed by atoms with van der Waals surface area (Å²) in [6.07, 6.45) is 0. The number of hydrogen-bond acceptors (Lipinski definition) is 5. The van der Waals surface area contributed by atoms with Gasteiger partial charge in [-0.2, -0.15) is 0 Å². The molecule has 0 aliphatic carbocycles. The summed E-state index contributed by atoms with van der Waals surface area (Å²) in [4.78, 5) is 27.5. The molecule has 31 heavy (non-hydrogen) atoms. The number of carbonyl (C=O) groups is 1. The van der Waals surface area contributed by atoms with Crippen LogP contribution in [0, 0.1) is 16.0 Å². The minimum Gasteiger partial charge on any atom is -0.496 e. The molecule has 2 aromatic carbocycles. The van der Waals surface area contributed by atoms with E-state index in [1.165, 1.54) is 0 Å². The second kappa shape index (κ2) is 9.92. The first-order valence-corrected chi connectivity index (χ1v) is 10.7. The first kappa shape index (κ1) is 22.7. The number of para-hydroxylation sites is 2. The molecule has 2 aromatic rings. The van der Waals surface area contributed by atoms with E-state index in [9.17, 15) is 14.9 Å². The normalized spacial score (nSPS) is 18.9. The van der Waals surface area contributed by atoms with E-state index in [-0.39, 0.29) is 34.4 Å². The van der Waals surface area contributed by atoms with Gasteiger partial charge >= 0.3 is 0 Å².